The molecular formula is C10H17NOS2. The van der Waals surface area contributed by atoms with Crippen molar-refractivity contribution in [1.82, 2.24) is 4.90 Å². The first kappa shape index (κ1) is 12.0. The number of carbonyl (C=O) groups is 1. The second-order valence-electron chi connectivity index (χ2n) is 3.88. The summed E-state index contributed by atoms with van der Waals surface area (Å²) in [6.07, 6.45) is 4.12. The van der Waals surface area contributed by atoms with Crippen LogP contribution in [0.25, 0.3) is 0 Å². The zero-order valence-electron chi connectivity index (χ0n) is 8.78. The first-order chi connectivity index (χ1) is 6.61. The lowest BCUT2D eigenvalue weighted by Crippen LogP contribution is -2.24. The third-order valence-corrected chi connectivity index (χ3v) is 4.35. The van der Waals surface area contributed by atoms with Gasteiger partial charge < -0.3 is 4.90 Å². The van der Waals surface area contributed by atoms with Crippen LogP contribution >= 0.6 is 24.0 Å². The fraction of sp³-hybridized carbons (Fsp3) is 0.800. The van der Waals surface area contributed by atoms with E-state index in [1.165, 1.54) is 6.42 Å². The minimum atomic E-state index is 0.256. The summed E-state index contributed by atoms with van der Waals surface area (Å²) in [6.45, 7) is 0. The summed E-state index contributed by atoms with van der Waals surface area (Å²) in [7, 11) is 3.88. The molecule has 0 N–H and O–H groups in total. The summed E-state index contributed by atoms with van der Waals surface area (Å²) in [5, 5.41) is 0. The molecule has 0 heterocycles. The van der Waals surface area contributed by atoms with E-state index in [0.29, 0.717) is 5.78 Å². The molecule has 0 aromatic heterocycles. The van der Waals surface area contributed by atoms with E-state index in [9.17, 15) is 4.79 Å². The molecule has 4 heteroatoms. The lowest BCUT2D eigenvalue weighted by molar-refractivity contribution is -0.123. The number of carbonyl (C=O) groups excluding carboxylic acids is 1. The number of thiocarbonyl (C=S) groups is 1. The van der Waals surface area contributed by atoms with E-state index in [4.69, 9.17) is 12.2 Å². The van der Waals surface area contributed by atoms with Crippen LogP contribution in [0.3, 0.4) is 0 Å². The Morgan fingerprint density at radius 3 is 2.86 bits per heavy atom. The van der Waals surface area contributed by atoms with Crippen LogP contribution in [0, 0.1) is 5.92 Å². The molecule has 0 aromatic rings. The van der Waals surface area contributed by atoms with Crippen LogP contribution in [0.2, 0.25) is 0 Å². The molecule has 0 bridgehead atoms. The van der Waals surface area contributed by atoms with E-state index in [1.54, 1.807) is 11.8 Å². The molecule has 0 saturated heterocycles. The van der Waals surface area contributed by atoms with Crippen LogP contribution in [-0.2, 0) is 4.79 Å². The molecule has 0 spiro atoms. The van der Waals surface area contributed by atoms with E-state index in [0.717, 1.165) is 29.3 Å². The van der Waals surface area contributed by atoms with Gasteiger partial charge in [0.2, 0.25) is 0 Å². The largest absolute Gasteiger partial charge is 0.364 e. The van der Waals surface area contributed by atoms with E-state index < -0.39 is 0 Å². The Morgan fingerprint density at radius 1 is 1.57 bits per heavy atom. The summed E-state index contributed by atoms with van der Waals surface area (Å²) in [5.41, 5.74) is 0. The van der Waals surface area contributed by atoms with E-state index in [2.05, 4.69) is 0 Å². The molecule has 1 aliphatic carbocycles. The molecule has 1 unspecified atom stereocenters. The zero-order valence-corrected chi connectivity index (χ0v) is 10.4. The number of nitrogens with zero attached hydrogens (tertiary/aromatic N) is 1. The molecule has 1 fully saturated rings. The molecule has 1 saturated carbocycles. The Morgan fingerprint density at radius 2 is 2.29 bits per heavy atom. The third kappa shape index (κ3) is 3.58. The van der Waals surface area contributed by atoms with Crippen molar-refractivity contribution in [2.24, 2.45) is 5.92 Å². The number of Topliss-reactive ketones (excluding diaryl/α,β-unsaturated/α-hetero) is 1. The maximum atomic E-state index is 11.5. The minimum absolute atomic E-state index is 0.256. The van der Waals surface area contributed by atoms with Gasteiger partial charge in [0.15, 0.2) is 0 Å². The average molecular weight is 231 g/mol. The van der Waals surface area contributed by atoms with Crippen molar-refractivity contribution < 1.29 is 4.79 Å². The SMILES string of the molecule is CN(C)C(=S)SCC1CCCCC1=O. The van der Waals surface area contributed by atoms with E-state index >= 15 is 0 Å². The topological polar surface area (TPSA) is 20.3 Å². The Balaban J connectivity index is 2.29. The van der Waals surface area contributed by atoms with Crippen molar-refractivity contribution in [2.75, 3.05) is 19.8 Å². The summed E-state index contributed by atoms with van der Waals surface area (Å²) >= 11 is 6.79. The minimum Gasteiger partial charge on any atom is -0.364 e. The summed E-state index contributed by atoms with van der Waals surface area (Å²) < 4.78 is 0.878. The summed E-state index contributed by atoms with van der Waals surface area (Å²) in [5.74, 6) is 1.56. The molecule has 0 radical (unpaired) electrons. The highest BCUT2D eigenvalue weighted by Crippen LogP contribution is 2.24. The molecule has 0 aromatic carbocycles. The summed E-state index contributed by atoms with van der Waals surface area (Å²) in [6, 6.07) is 0. The number of rotatable bonds is 2. The number of ketones is 1. The third-order valence-electron chi connectivity index (χ3n) is 2.45. The predicted octanol–water partition coefficient (Wildman–Crippen LogP) is 2.33. The Hall–Kier alpha value is -0.0900. The second-order valence-corrected chi connectivity index (χ2v) is 5.53. The Labute approximate surface area is 95.4 Å². The first-order valence-corrected chi connectivity index (χ1v) is 6.37. The van der Waals surface area contributed by atoms with Crippen LogP contribution in [0.1, 0.15) is 25.7 Å². The van der Waals surface area contributed by atoms with Gasteiger partial charge in [-0.05, 0) is 12.8 Å². The van der Waals surface area contributed by atoms with Gasteiger partial charge in [0.05, 0.1) is 0 Å². The van der Waals surface area contributed by atoms with E-state index in [1.807, 2.05) is 19.0 Å². The maximum Gasteiger partial charge on any atom is 0.136 e. The maximum absolute atomic E-state index is 11.5. The molecule has 14 heavy (non-hydrogen) atoms. The predicted molar refractivity (Wildman–Crippen MR) is 65.7 cm³/mol. The zero-order chi connectivity index (χ0) is 10.6. The fourth-order valence-electron chi connectivity index (χ4n) is 1.53. The quantitative estimate of drug-likeness (QED) is 0.679. The van der Waals surface area contributed by atoms with Gasteiger partial charge in [0.25, 0.3) is 0 Å². The highest BCUT2D eigenvalue weighted by Gasteiger charge is 2.22. The van der Waals surface area contributed by atoms with Gasteiger partial charge in [-0.25, -0.2) is 0 Å². The van der Waals surface area contributed by atoms with Gasteiger partial charge in [-0.1, -0.05) is 30.4 Å². The van der Waals surface area contributed by atoms with E-state index in [-0.39, 0.29) is 5.92 Å². The van der Waals surface area contributed by atoms with Crippen molar-refractivity contribution in [3.63, 3.8) is 0 Å². The van der Waals surface area contributed by atoms with Crippen molar-refractivity contribution in [3.8, 4) is 0 Å². The van der Waals surface area contributed by atoms with Crippen LogP contribution in [-0.4, -0.2) is 34.9 Å². The number of thioether (sulfide) groups is 1. The molecule has 1 aliphatic rings. The monoisotopic (exact) mass is 231 g/mol. The molecular weight excluding hydrogens is 214 g/mol. The highest BCUT2D eigenvalue weighted by molar-refractivity contribution is 8.22. The van der Waals surface area contributed by atoms with Crippen LogP contribution in [0.5, 0.6) is 0 Å². The van der Waals surface area contributed by atoms with Crippen LogP contribution < -0.4 is 0 Å². The Kier molecular flexibility index (Phi) is 4.89. The Bertz CT molecular complexity index is 228. The molecule has 2 nitrogen and oxygen atoms in total. The lowest BCUT2D eigenvalue weighted by atomic mass is 9.89. The average Bonchev–Trinajstić information content (AvgIpc) is 2.16. The van der Waals surface area contributed by atoms with Crippen molar-refractivity contribution in [1.29, 1.82) is 0 Å². The van der Waals surface area contributed by atoms with Gasteiger partial charge in [0, 0.05) is 32.2 Å². The molecule has 1 rings (SSSR count). The van der Waals surface area contributed by atoms with Crippen LogP contribution in [0.4, 0.5) is 0 Å². The highest BCUT2D eigenvalue weighted by atomic mass is 32.2. The first-order valence-electron chi connectivity index (χ1n) is 4.98. The standard InChI is InChI=1S/C10H17NOS2/c1-11(2)10(13)14-7-8-5-3-4-6-9(8)12/h8H,3-7H2,1-2H3. The van der Waals surface area contributed by atoms with Crippen molar-refractivity contribution in [3.05, 3.63) is 0 Å². The second kappa shape index (κ2) is 5.71. The smallest absolute Gasteiger partial charge is 0.136 e. The fourth-order valence-corrected chi connectivity index (χ4v) is 2.69. The van der Waals surface area contributed by atoms with Crippen molar-refractivity contribution in [2.45, 2.75) is 25.7 Å². The molecule has 0 amide bonds. The van der Waals surface area contributed by atoms with Gasteiger partial charge in [-0.15, -0.1) is 0 Å². The van der Waals surface area contributed by atoms with Crippen molar-refractivity contribution >= 4 is 34.1 Å². The van der Waals surface area contributed by atoms with Gasteiger partial charge in [-0.2, -0.15) is 0 Å². The number of hydrogen-bond donors (Lipinski definition) is 0. The normalized spacial score (nSPS) is 22.1. The molecule has 80 valence electrons. The molecule has 1 atom stereocenters. The number of hydrogen-bond acceptors (Lipinski definition) is 3. The van der Waals surface area contributed by atoms with Gasteiger partial charge in [0.1, 0.15) is 10.1 Å². The van der Waals surface area contributed by atoms with Gasteiger partial charge in [-0.3, -0.25) is 4.79 Å². The van der Waals surface area contributed by atoms with Gasteiger partial charge >= 0.3 is 0 Å². The molecule has 0 aliphatic heterocycles. The summed E-state index contributed by atoms with van der Waals surface area (Å²) in [4.78, 5) is 13.4. The van der Waals surface area contributed by atoms with Crippen LogP contribution in [0.15, 0.2) is 0 Å². The lowest BCUT2D eigenvalue weighted by Gasteiger charge is -2.21.